The first-order valence-electron chi connectivity index (χ1n) is 5.86. The Kier molecular flexibility index (Phi) is 4.61. The Morgan fingerprint density at radius 1 is 1.33 bits per heavy atom. The van der Waals surface area contributed by atoms with E-state index in [9.17, 15) is 13.2 Å². The van der Waals surface area contributed by atoms with Crippen LogP contribution in [0.3, 0.4) is 0 Å². The molecule has 0 aliphatic rings. The van der Waals surface area contributed by atoms with Gasteiger partial charge in [0, 0.05) is 12.7 Å². The molecule has 0 aliphatic carbocycles. The minimum absolute atomic E-state index is 0.216. The molecule has 0 fully saturated rings. The summed E-state index contributed by atoms with van der Waals surface area (Å²) in [5, 5.41) is 10.5. The molecule has 112 valence electrons. The molecular formula is C13H13NO5S2. The molecule has 0 radical (unpaired) electrons. The molecule has 0 amide bonds. The third-order valence-electron chi connectivity index (χ3n) is 2.67. The van der Waals surface area contributed by atoms with Gasteiger partial charge in [-0.3, -0.25) is 4.72 Å². The highest BCUT2D eigenvalue weighted by atomic mass is 32.2. The number of anilines is 1. The lowest BCUT2D eigenvalue weighted by molar-refractivity contribution is 0.0698. The topological polar surface area (TPSA) is 92.7 Å². The van der Waals surface area contributed by atoms with Gasteiger partial charge in [0.1, 0.15) is 9.77 Å². The van der Waals surface area contributed by atoms with Crippen molar-refractivity contribution < 1.29 is 23.1 Å². The molecule has 6 nitrogen and oxygen atoms in total. The summed E-state index contributed by atoms with van der Waals surface area (Å²) in [6.45, 7) is 0.244. The van der Waals surface area contributed by atoms with Crippen LogP contribution in [0.4, 0.5) is 5.69 Å². The number of aromatic carboxylic acids is 1. The lowest BCUT2D eigenvalue weighted by atomic mass is 10.2. The minimum Gasteiger partial charge on any atom is -0.477 e. The average Bonchev–Trinajstić information content (AvgIpc) is 2.91. The lowest BCUT2D eigenvalue weighted by Crippen LogP contribution is -2.16. The monoisotopic (exact) mass is 327 g/mol. The summed E-state index contributed by atoms with van der Waals surface area (Å²) in [6, 6.07) is 8.04. The van der Waals surface area contributed by atoms with E-state index in [0.717, 1.165) is 11.3 Å². The van der Waals surface area contributed by atoms with Gasteiger partial charge >= 0.3 is 5.97 Å². The van der Waals surface area contributed by atoms with Gasteiger partial charge in [-0.25, -0.2) is 13.2 Å². The Morgan fingerprint density at radius 3 is 2.71 bits per heavy atom. The molecule has 21 heavy (non-hydrogen) atoms. The first kappa shape index (κ1) is 15.5. The quantitative estimate of drug-likeness (QED) is 0.850. The molecule has 0 unspecified atom stereocenters. The van der Waals surface area contributed by atoms with E-state index in [2.05, 4.69) is 4.72 Å². The molecule has 0 atom stereocenters. The zero-order valence-corrected chi connectivity index (χ0v) is 12.7. The number of carboxylic acids is 1. The van der Waals surface area contributed by atoms with Gasteiger partial charge in [0.2, 0.25) is 0 Å². The predicted molar refractivity (Wildman–Crippen MR) is 79.2 cm³/mol. The van der Waals surface area contributed by atoms with Crippen LogP contribution in [0.5, 0.6) is 0 Å². The van der Waals surface area contributed by atoms with E-state index in [-0.39, 0.29) is 16.4 Å². The highest BCUT2D eigenvalue weighted by Crippen LogP contribution is 2.26. The van der Waals surface area contributed by atoms with Crippen molar-refractivity contribution in [2.45, 2.75) is 11.5 Å². The van der Waals surface area contributed by atoms with E-state index < -0.39 is 16.0 Å². The summed E-state index contributed by atoms with van der Waals surface area (Å²) in [5.74, 6) is -1.27. The number of rotatable bonds is 6. The van der Waals surface area contributed by atoms with E-state index >= 15 is 0 Å². The number of thiophene rings is 1. The maximum atomic E-state index is 12.3. The van der Waals surface area contributed by atoms with Crippen molar-refractivity contribution in [2.24, 2.45) is 0 Å². The van der Waals surface area contributed by atoms with Crippen LogP contribution in [0, 0.1) is 0 Å². The number of benzene rings is 1. The minimum atomic E-state index is -3.96. The molecule has 2 aromatic rings. The van der Waals surface area contributed by atoms with Crippen LogP contribution in [0.15, 0.2) is 40.6 Å². The molecule has 0 saturated heterocycles. The highest BCUT2D eigenvalue weighted by molar-refractivity contribution is 7.93. The summed E-state index contributed by atoms with van der Waals surface area (Å²) >= 11 is 0.866. The van der Waals surface area contributed by atoms with Crippen molar-refractivity contribution in [3.8, 4) is 0 Å². The summed E-state index contributed by atoms with van der Waals surface area (Å²) in [7, 11) is -2.46. The van der Waals surface area contributed by atoms with E-state index in [1.165, 1.54) is 18.6 Å². The van der Waals surface area contributed by atoms with Crippen molar-refractivity contribution in [3.05, 3.63) is 46.2 Å². The van der Waals surface area contributed by atoms with E-state index in [0.29, 0.717) is 11.3 Å². The molecule has 2 rings (SSSR count). The molecule has 0 saturated carbocycles. The summed E-state index contributed by atoms with van der Waals surface area (Å²) in [4.78, 5) is 10.6. The number of nitrogens with one attached hydrogen (secondary N) is 1. The lowest BCUT2D eigenvalue weighted by Gasteiger charge is -2.11. The van der Waals surface area contributed by atoms with Gasteiger partial charge in [-0.05, 0) is 17.5 Å². The fourth-order valence-corrected chi connectivity index (χ4v) is 4.13. The Morgan fingerprint density at radius 2 is 2.05 bits per heavy atom. The van der Waals surface area contributed by atoms with Gasteiger partial charge in [0.15, 0.2) is 0 Å². The number of hydrogen-bond donors (Lipinski definition) is 2. The smallest absolute Gasteiger partial charge is 0.347 e. The number of methoxy groups -OCH3 is 1. The maximum Gasteiger partial charge on any atom is 0.347 e. The molecule has 1 aromatic carbocycles. The van der Waals surface area contributed by atoms with Crippen LogP contribution in [0.2, 0.25) is 0 Å². The van der Waals surface area contributed by atoms with Gasteiger partial charge in [-0.2, -0.15) is 0 Å². The average molecular weight is 327 g/mol. The summed E-state index contributed by atoms with van der Waals surface area (Å²) in [5.41, 5.74) is 1.03. The number of sulfonamides is 1. The van der Waals surface area contributed by atoms with E-state index in [1.54, 1.807) is 24.3 Å². The molecule has 1 aromatic heterocycles. The molecule has 0 spiro atoms. The number of carbonyl (C=O) groups is 1. The van der Waals surface area contributed by atoms with E-state index in [4.69, 9.17) is 9.84 Å². The number of ether oxygens (including phenoxy) is 1. The highest BCUT2D eigenvalue weighted by Gasteiger charge is 2.24. The van der Waals surface area contributed by atoms with Gasteiger partial charge < -0.3 is 9.84 Å². The van der Waals surface area contributed by atoms with Crippen LogP contribution >= 0.6 is 11.3 Å². The molecule has 0 aliphatic heterocycles. The van der Waals surface area contributed by atoms with Gasteiger partial charge in [-0.15, -0.1) is 11.3 Å². The first-order valence-corrected chi connectivity index (χ1v) is 8.22. The molecular weight excluding hydrogens is 314 g/mol. The number of hydrogen-bond acceptors (Lipinski definition) is 5. The second-order valence-electron chi connectivity index (χ2n) is 4.11. The Hall–Kier alpha value is -1.90. The largest absolute Gasteiger partial charge is 0.477 e. The van der Waals surface area contributed by atoms with Gasteiger partial charge in [0.25, 0.3) is 10.0 Å². The van der Waals surface area contributed by atoms with Crippen molar-refractivity contribution in [2.75, 3.05) is 11.8 Å². The first-order chi connectivity index (χ1) is 9.95. The van der Waals surface area contributed by atoms with Gasteiger partial charge in [0.05, 0.1) is 12.3 Å². The van der Waals surface area contributed by atoms with Crippen molar-refractivity contribution in [3.63, 3.8) is 0 Å². The Bertz CT molecular complexity index is 751. The van der Waals surface area contributed by atoms with Crippen LogP contribution < -0.4 is 4.72 Å². The normalized spacial score (nSPS) is 11.3. The Balaban J connectivity index is 2.38. The van der Waals surface area contributed by atoms with Crippen molar-refractivity contribution in [1.82, 2.24) is 0 Å². The SMILES string of the molecule is COCc1ccccc1NS(=O)(=O)c1ccsc1C(=O)O. The standard InChI is InChI=1S/C13H13NO5S2/c1-19-8-9-4-2-3-5-10(9)14-21(17,18)11-6-7-20-12(11)13(15)16/h2-7,14H,8H2,1H3,(H,15,16). The Labute approximate surface area is 126 Å². The zero-order valence-electron chi connectivity index (χ0n) is 11.1. The zero-order chi connectivity index (χ0) is 15.5. The molecule has 1 heterocycles. The number of carboxylic acid groups (broad SMARTS) is 1. The van der Waals surface area contributed by atoms with Gasteiger partial charge in [-0.1, -0.05) is 18.2 Å². The fourth-order valence-electron chi connectivity index (χ4n) is 1.77. The summed E-state index contributed by atoms with van der Waals surface area (Å²) in [6.07, 6.45) is 0. The van der Waals surface area contributed by atoms with Crippen molar-refractivity contribution >= 4 is 33.0 Å². The second-order valence-corrected chi connectivity index (χ2v) is 6.68. The molecule has 8 heteroatoms. The number of para-hydroxylation sites is 1. The summed E-state index contributed by atoms with van der Waals surface area (Å²) < 4.78 is 32.1. The van der Waals surface area contributed by atoms with E-state index in [1.807, 2.05) is 0 Å². The predicted octanol–water partition coefficient (Wildman–Crippen LogP) is 2.39. The molecule has 0 bridgehead atoms. The molecule has 2 N–H and O–H groups in total. The second kappa shape index (κ2) is 6.25. The third kappa shape index (κ3) is 3.41. The van der Waals surface area contributed by atoms with Crippen LogP contribution in [-0.4, -0.2) is 26.6 Å². The van der Waals surface area contributed by atoms with Crippen LogP contribution in [-0.2, 0) is 21.4 Å². The van der Waals surface area contributed by atoms with Crippen LogP contribution in [0.1, 0.15) is 15.2 Å². The van der Waals surface area contributed by atoms with Crippen LogP contribution in [0.25, 0.3) is 0 Å². The third-order valence-corrected chi connectivity index (χ3v) is 5.11. The van der Waals surface area contributed by atoms with Crippen molar-refractivity contribution in [1.29, 1.82) is 0 Å². The maximum absolute atomic E-state index is 12.3. The fraction of sp³-hybridized carbons (Fsp3) is 0.154.